The summed E-state index contributed by atoms with van der Waals surface area (Å²) in [7, 11) is 1.62. The van der Waals surface area contributed by atoms with Gasteiger partial charge in [0.2, 0.25) is 0 Å². The Morgan fingerprint density at radius 2 is 1.72 bits per heavy atom. The van der Waals surface area contributed by atoms with Gasteiger partial charge in [0.15, 0.2) is 0 Å². The molecule has 1 amide bonds. The zero-order chi connectivity index (χ0) is 20.2. The molecular weight excluding hydrogens is 362 g/mol. The number of hydrogen-bond acceptors (Lipinski definition) is 3. The molecule has 0 spiro atoms. The highest BCUT2D eigenvalue weighted by molar-refractivity contribution is 6.08. The second-order valence-corrected chi connectivity index (χ2v) is 6.67. The summed E-state index contributed by atoms with van der Waals surface area (Å²) in [5, 5.41) is 7.72. The average molecular weight is 383 g/mol. The number of aromatic nitrogens is 2. The Kier molecular flexibility index (Phi) is 5.12. The average Bonchev–Trinajstić information content (AvgIpc) is 3.22. The first kappa shape index (κ1) is 18.5. The smallest absolute Gasteiger partial charge is 0.259 e. The zero-order valence-corrected chi connectivity index (χ0v) is 16.3. The van der Waals surface area contributed by atoms with Crippen LogP contribution in [-0.4, -0.2) is 22.8 Å². The molecular formula is C24H21N3O2. The van der Waals surface area contributed by atoms with E-state index in [1.54, 1.807) is 18.0 Å². The Bertz CT molecular complexity index is 1150. The molecule has 1 heterocycles. The molecule has 0 fully saturated rings. The Labute approximate surface area is 169 Å². The highest BCUT2D eigenvalue weighted by atomic mass is 16.5. The fraction of sp³-hybridized carbons (Fsp3) is 0.0833. The fourth-order valence-electron chi connectivity index (χ4n) is 3.14. The van der Waals surface area contributed by atoms with Gasteiger partial charge >= 0.3 is 0 Å². The Morgan fingerprint density at radius 3 is 2.48 bits per heavy atom. The van der Waals surface area contributed by atoms with E-state index in [2.05, 4.69) is 5.32 Å². The van der Waals surface area contributed by atoms with E-state index in [1.165, 1.54) is 0 Å². The summed E-state index contributed by atoms with van der Waals surface area (Å²) in [6, 6.07) is 25.0. The van der Waals surface area contributed by atoms with Crippen molar-refractivity contribution in [3.63, 3.8) is 0 Å². The van der Waals surface area contributed by atoms with Crippen LogP contribution in [-0.2, 0) is 0 Å². The Morgan fingerprint density at radius 1 is 0.966 bits per heavy atom. The number of hydrogen-bond donors (Lipinski definition) is 1. The summed E-state index contributed by atoms with van der Waals surface area (Å²) < 4.78 is 7.07. The molecule has 0 atom stereocenters. The van der Waals surface area contributed by atoms with Crippen molar-refractivity contribution in [2.24, 2.45) is 0 Å². The molecule has 0 aliphatic heterocycles. The van der Waals surface area contributed by atoms with Crippen molar-refractivity contribution < 1.29 is 9.53 Å². The number of ether oxygens (including phenoxy) is 1. The first-order valence-corrected chi connectivity index (χ1v) is 9.32. The summed E-state index contributed by atoms with van der Waals surface area (Å²) in [5.41, 5.74) is 4.56. The van der Waals surface area contributed by atoms with Crippen LogP contribution in [0, 0.1) is 6.92 Å². The summed E-state index contributed by atoms with van der Waals surface area (Å²) in [5.74, 6) is 0.501. The lowest BCUT2D eigenvalue weighted by atomic mass is 10.1. The van der Waals surface area contributed by atoms with Crippen LogP contribution in [0.15, 0.2) is 85.1 Å². The van der Waals surface area contributed by atoms with E-state index in [1.807, 2.05) is 85.8 Å². The monoisotopic (exact) mass is 383 g/mol. The Balaban J connectivity index is 1.79. The van der Waals surface area contributed by atoms with Gasteiger partial charge in [-0.1, -0.05) is 48.5 Å². The first-order chi connectivity index (χ1) is 14.2. The van der Waals surface area contributed by atoms with Crippen molar-refractivity contribution in [1.82, 2.24) is 9.78 Å². The third kappa shape index (κ3) is 3.89. The van der Waals surface area contributed by atoms with Crippen molar-refractivity contribution >= 4 is 11.6 Å². The molecule has 29 heavy (non-hydrogen) atoms. The Hall–Kier alpha value is -3.86. The van der Waals surface area contributed by atoms with Crippen LogP contribution in [0.4, 0.5) is 5.69 Å². The maximum absolute atomic E-state index is 13.2. The largest absolute Gasteiger partial charge is 0.497 e. The van der Waals surface area contributed by atoms with Crippen LogP contribution >= 0.6 is 0 Å². The van der Waals surface area contributed by atoms with Crippen molar-refractivity contribution in [3.8, 4) is 22.7 Å². The first-order valence-electron chi connectivity index (χ1n) is 9.32. The van der Waals surface area contributed by atoms with E-state index in [-0.39, 0.29) is 5.91 Å². The second kappa shape index (κ2) is 8.02. The number of rotatable bonds is 5. The van der Waals surface area contributed by atoms with E-state index in [0.29, 0.717) is 17.0 Å². The number of benzene rings is 3. The van der Waals surface area contributed by atoms with Crippen molar-refractivity contribution in [2.75, 3.05) is 12.4 Å². The van der Waals surface area contributed by atoms with Crippen molar-refractivity contribution in [3.05, 3.63) is 96.2 Å². The molecule has 0 bridgehead atoms. The summed E-state index contributed by atoms with van der Waals surface area (Å²) in [6.45, 7) is 1.96. The zero-order valence-electron chi connectivity index (χ0n) is 16.3. The van der Waals surface area contributed by atoms with Crippen LogP contribution in [0.25, 0.3) is 16.9 Å². The summed E-state index contributed by atoms with van der Waals surface area (Å²) in [6.07, 6.45) is 1.76. The van der Waals surface area contributed by atoms with Crippen molar-refractivity contribution in [1.29, 1.82) is 0 Å². The minimum absolute atomic E-state index is 0.209. The van der Waals surface area contributed by atoms with Crippen LogP contribution in [0.2, 0.25) is 0 Å². The topological polar surface area (TPSA) is 56.2 Å². The van der Waals surface area contributed by atoms with Crippen LogP contribution in [0.5, 0.6) is 5.75 Å². The maximum atomic E-state index is 13.2. The highest BCUT2D eigenvalue weighted by Crippen LogP contribution is 2.28. The van der Waals surface area contributed by atoms with Gasteiger partial charge in [-0.25, -0.2) is 4.68 Å². The fourth-order valence-corrected chi connectivity index (χ4v) is 3.14. The molecule has 5 nitrogen and oxygen atoms in total. The van der Waals surface area contributed by atoms with Crippen molar-refractivity contribution in [2.45, 2.75) is 6.92 Å². The molecule has 3 aromatic carbocycles. The van der Waals surface area contributed by atoms with Gasteiger partial charge in [0.25, 0.3) is 5.91 Å². The van der Waals surface area contributed by atoms with Crippen LogP contribution < -0.4 is 10.1 Å². The van der Waals surface area contributed by atoms with Gasteiger partial charge in [-0.3, -0.25) is 4.79 Å². The second-order valence-electron chi connectivity index (χ2n) is 6.67. The number of aryl methyl sites for hydroxylation is 1. The normalized spacial score (nSPS) is 10.6. The van der Waals surface area contributed by atoms with E-state index < -0.39 is 0 Å². The van der Waals surface area contributed by atoms with Gasteiger partial charge in [-0.2, -0.15) is 5.10 Å². The molecule has 0 unspecified atom stereocenters. The van der Waals surface area contributed by atoms with Gasteiger partial charge in [0, 0.05) is 17.4 Å². The lowest BCUT2D eigenvalue weighted by molar-refractivity contribution is 0.102. The quantitative estimate of drug-likeness (QED) is 0.521. The lowest BCUT2D eigenvalue weighted by Gasteiger charge is -2.08. The molecule has 4 aromatic rings. The minimum atomic E-state index is -0.209. The molecule has 0 aliphatic rings. The number of nitrogens with zero attached hydrogens (tertiary/aromatic N) is 2. The van der Waals surface area contributed by atoms with E-state index in [4.69, 9.17) is 9.84 Å². The number of methoxy groups -OCH3 is 1. The molecule has 0 aliphatic carbocycles. The van der Waals surface area contributed by atoms with Crippen LogP contribution in [0.1, 0.15) is 15.9 Å². The number of nitrogens with one attached hydrogen (secondary N) is 1. The molecule has 0 radical (unpaired) electrons. The van der Waals surface area contributed by atoms with E-state index in [9.17, 15) is 4.79 Å². The van der Waals surface area contributed by atoms with E-state index in [0.717, 1.165) is 22.5 Å². The van der Waals surface area contributed by atoms with Gasteiger partial charge in [-0.05, 0) is 42.8 Å². The number of amides is 1. The molecule has 1 N–H and O–H groups in total. The van der Waals surface area contributed by atoms with E-state index >= 15 is 0 Å². The molecule has 4 rings (SSSR count). The summed E-state index contributed by atoms with van der Waals surface area (Å²) >= 11 is 0. The molecule has 5 heteroatoms. The van der Waals surface area contributed by atoms with Gasteiger partial charge in [0.05, 0.1) is 18.4 Å². The van der Waals surface area contributed by atoms with Crippen LogP contribution in [0.3, 0.4) is 0 Å². The number of para-hydroxylation sites is 2. The molecule has 0 saturated carbocycles. The number of anilines is 1. The standard InChI is InChI=1S/C24H21N3O2/c1-17-9-6-7-14-22(17)25-24(28)21-16-27(19-11-4-3-5-12-19)26-23(21)18-10-8-13-20(15-18)29-2/h3-16H,1-2H3,(H,25,28). The lowest BCUT2D eigenvalue weighted by Crippen LogP contribution is -2.13. The number of carbonyl (C=O) groups excluding carboxylic acids is 1. The molecule has 1 aromatic heterocycles. The highest BCUT2D eigenvalue weighted by Gasteiger charge is 2.19. The van der Waals surface area contributed by atoms with Gasteiger partial charge < -0.3 is 10.1 Å². The maximum Gasteiger partial charge on any atom is 0.259 e. The minimum Gasteiger partial charge on any atom is -0.497 e. The van der Waals surface area contributed by atoms with Gasteiger partial charge in [-0.15, -0.1) is 0 Å². The third-order valence-corrected chi connectivity index (χ3v) is 4.72. The third-order valence-electron chi connectivity index (χ3n) is 4.72. The summed E-state index contributed by atoms with van der Waals surface area (Å²) in [4.78, 5) is 13.2. The predicted octanol–water partition coefficient (Wildman–Crippen LogP) is 5.11. The molecule has 0 saturated heterocycles. The molecule has 144 valence electrons. The predicted molar refractivity (Wildman–Crippen MR) is 115 cm³/mol. The number of carbonyl (C=O) groups is 1. The van der Waals surface area contributed by atoms with Gasteiger partial charge in [0.1, 0.15) is 11.4 Å². The SMILES string of the molecule is COc1cccc(-c2nn(-c3ccccc3)cc2C(=O)Nc2ccccc2C)c1.